The van der Waals surface area contributed by atoms with Gasteiger partial charge in [-0.1, -0.05) is 54.0 Å². The summed E-state index contributed by atoms with van der Waals surface area (Å²) >= 11 is 3.39. The third-order valence-corrected chi connectivity index (χ3v) is 6.31. The summed E-state index contributed by atoms with van der Waals surface area (Å²) in [7, 11) is 0. The van der Waals surface area contributed by atoms with Crippen LogP contribution in [0.3, 0.4) is 0 Å². The molecule has 1 heterocycles. The summed E-state index contributed by atoms with van der Waals surface area (Å²) in [5.41, 5.74) is 1.35. The van der Waals surface area contributed by atoms with Gasteiger partial charge in [0.2, 0.25) is 0 Å². The van der Waals surface area contributed by atoms with Crippen LogP contribution in [0.25, 0.3) is 5.76 Å². The van der Waals surface area contributed by atoms with E-state index in [2.05, 4.69) is 34.7 Å². The van der Waals surface area contributed by atoms with Gasteiger partial charge in [-0.15, -0.1) is 0 Å². The van der Waals surface area contributed by atoms with Gasteiger partial charge in [-0.05, 0) is 56.8 Å². The maximum Gasteiger partial charge on any atom is 0.295 e. The summed E-state index contributed by atoms with van der Waals surface area (Å²) in [6.07, 6.45) is 0.0351. The van der Waals surface area contributed by atoms with E-state index in [-0.39, 0.29) is 17.4 Å². The minimum atomic E-state index is -0.669. The number of likely N-dealkylation sites (tertiary alicyclic amines) is 1. The molecule has 3 rings (SSSR count). The first kappa shape index (κ1) is 25.0. The van der Waals surface area contributed by atoms with E-state index in [1.807, 2.05) is 38.1 Å². The van der Waals surface area contributed by atoms with Gasteiger partial charge < -0.3 is 19.6 Å². The van der Waals surface area contributed by atoms with E-state index in [9.17, 15) is 14.7 Å². The molecule has 1 atom stereocenters. The molecule has 1 aliphatic heterocycles. The number of benzene rings is 2. The SMILES string of the molecule is CCN(CC)CCN1C(=O)C(=O)C(=C(O)c2ccc(Br)cc2)[C@@H]1c1ccc(OC(C)C)cc1. The third-order valence-electron chi connectivity index (χ3n) is 5.78. The Morgan fingerprint density at radius 2 is 1.67 bits per heavy atom. The topological polar surface area (TPSA) is 70.1 Å². The lowest BCUT2D eigenvalue weighted by Crippen LogP contribution is -2.38. The molecule has 1 saturated heterocycles. The number of halogens is 1. The number of hydrogen-bond donors (Lipinski definition) is 1. The molecule has 6 nitrogen and oxygen atoms in total. The minimum Gasteiger partial charge on any atom is -0.507 e. The van der Waals surface area contributed by atoms with Gasteiger partial charge in [0, 0.05) is 23.1 Å². The number of Topliss-reactive ketones (excluding diaryl/α,β-unsaturated/α-hetero) is 1. The lowest BCUT2D eigenvalue weighted by molar-refractivity contribution is -0.140. The molecule has 2 aromatic carbocycles. The molecule has 0 radical (unpaired) electrons. The van der Waals surface area contributed by atoms with Gasteiger partial charge in [-0.3, -0.25) is 9.59 Å². The first-order chi connectivity index (χ1) is 15.8. The fourth-order valence-electron chi connectivity index (χ4n) is 4.01. The molecule has 0 aliphatic carbocycles. The fourth-order valence-corrected chi connectivity index (χ4v) is 4.27. The quantitative estimate of drug-likeness (QED) is 0.289. The van der Waals surface area contributed by atoms with Crippen LogP contribution in [0.1, 0.15) is 44.9 Å². The maximum atomic E-state index is 13.1. The maximum absolute atomic E-state index is 13.1. The van der Waals surface area contributed by atoms with Gasteiger partial charge in [-0.25, -0.2) is 0 Å². The van der Waals surface area contributed by atoms with E-state index in [4.69, 9.17) is 4.74 Å². The molecule has 1 amide bonds. The van der Waals surface area contributed by atoms with Gasteiger partial charge >= 0.3 is 0 Å². The number of likely N-dealkylation sites (N-methyl/N-ethyl adjacent to an activating group) is 1. The highest BCUT2D eigenvalue weighted by molar-refractivity contribution is 9.10. The molecule has 33 heavy (non-hydrogen) atoms. The molecule has 176 valence electrons. The number of carbonyl (C=O) groups excluding carboxylic acids is 2. The average molecular weight is 515 g/mol. The molecule has 0 saturated carbocycles. The number of amides is 1. The second kappa shape index (κ2) is 11.0. The summed E-state index contributed by atoms with van der Waals surface area (Å²) < 4.78 is 6.60. The highest BCUT2D eigenvalue weighted by Crippen LogP contribution is 2.39. The molecule has 0 unspecified atom stereocenters. The Balaban J connectivity index is 2.06. The van der Waals surface area contributed by atoms with Crippen LogP contribution in [0.15, 0.2) is 58.6 Å². The number of aliphatic hydroxyl groups excluding tert-OH is 1. The van der Waals surface area contributed by atoms with Gasteiger partial charge in [0.25, 0.3) is 11.7 Å². The Morgan fingerprint density at radius 3 is 2.21 bits per heavy atom. The van der Waals surface area contributed by atoms with Crippen LogP contribution in [0.5, 0.6) is 5.75 Å². The van der Waals surface area contributed by atoms with Crippen molar-refractivity contribution in [1.29, 1.82) is 0 Å². The highest BCUT2D eigenvalue weighted by Gasteiger charge is 2.45. The monoisotopic (exact) mass is 514 g/mol. The van der Waals surface area contributed by atoms with Crippen molar-refractivity contribution in [2.45, 2.75) is 39.8 Å². The van der Waals surface area contributed by atoms with Crippen LogP contribution in [0, 0.1) is 0 Å². The zero-order valence-corrected chi connectivity index (χ0v) is 21.1. The molecular weight excluding hydrogens is 484 g/mol. The van der Waals surface area contributed by atoms with Crippen LogP contribution in [-0.2, 0) is 9.59 Å². The highest BCUT2D eigenvalue weighted by atomic mass is 79.9. The van der Waals surface area contributed by atoms with E-state index in [0.717, 1.165) is 23.1 Å². The zero-order valence-electron chi connectivity index (χ0n) is 19.5. The largest absolute Gasteiger partial charge is 0.507 e. The number of carbonyl (C=O) groups is 2. The Hall–Kier alpha value is -2.64. The smallest absolute Gasteiger partial charge is 0.295 e. The van der Waals surface area contributed by atoms with Crippen molar-refractivity contribution < 1.29 is 19.4 Å². The number of ether oxygens (including phenoxy) is 1. The second-order valence-corrected chi connectivity index (χ2v) is 9.18. The summed E-state index contributed by atoms with van der Waals surface area (Å²) in [6.45, 7) is 10.8. The molecular formula is C26H31BrN2O4. The number of nitrogens with zero attached hydrogens (tertiary/aromatic N) is 2. The van der Waals surface area contributed by atoms with Crippen molar-refractivity contribution in [3.63, 3.8) is 0 Å². The molecule has 2 aromatic rings. The van der Waals surface area contributed by atoms with Crippen LogP contribution < -0.4 is 4.74 Å². The molecule has 1 fully saturated rings. The summed E-state index contributed by atoms with van der Waals surface area (Å²) in [4.78, 5) is 30.0. The van der Waals surface area contributed by atoms with Gasteiger partial charge in [0.1, 0.15) is 11.5 Å². The normalized spacial score (nSPS) is 17.9. The minimum absolute atomic E-state index is 0.0351. The summed E-state index contributed by atoms with van der Waals surface area (Å²) in [5.74, 6) is -0.712. The predicted octanol–water partition coefficient (Wildman–Crippen LogP) is 5.00. The molecule has 1 N–H and O–H groups in total. The van der Waals surface area contributed by atoms with Crippen LogP contribution in [0.4, 0.5) is 0 Å². The van der Waals surface area contributed by atoms with E-state index >= 15 is 0 Å². The van der Waals surface area contributed by atoms with Crippen molar-refractivity contribution in [3.8, 4) is 5.75 Å². The van der Waals surface area contributed by atoms with Crippen molar-refractivity contribution >= 4 is 33.4 Å². The van der Waals surface area contributed by atoms with Gasteiger partial charge in [-0.2, -0.15) is 0 Å². The number of ketones is 1. The second-order valence-electron chi connectivity index (χ2n) is 8.26. The Kier molecular flexibility index (Phi) is 8.32. The zero-order chi connectivity index (χ0) is 24.1. The van der Waals surface area contributed by atoms with Gasteiger partial charge in [0.15, 0.2) is 0 Å². The first-order valence-electron chi connectivity index (χ1n) is 11.3. The molecule has 0 bridgehead atoms. The van der Waals surface area contributed by atoms with Crippen LogP contribution in [-0.4, -0.2) is 58.9 Å². The van der Waals surface area contributed by atoms with E-state index < -0.39 is 17.7 Å². The Bertz CT molecular complexity index is 1010. The van der Waals surface area contributed by atoms with Crippen LogP contribution >= 0.6 is 15.9 Å². The number of aliphatic hydroxyl groups is 1. The Labute approximate surface area is 204 Å². The van der Waals surface area contributed by atoms with E-state index in [1.54, 1.807) is 29.2 Å². The molecule has 0 aromatic heterocycles. The summed E-state index contributed by atoms with van der Waals surface area (Å²) in [6, 6.07) is 13.7. The lowest BCUT2D eigenvalue weighted by Gasteiger charge is -2.28. The fraction of sp³-hybridized carbons (Fsp3) is 0.385. The van der Waals surface area contributed by atoms with Crippen molar-refractivity contribution in [3.05, 3.63) is 69.7 Å². The number of hydrogen-bond acceptors (Lipinski definition) is 5. The summed E-state index contributed by atoms with van der Waals surface area (Å²) in [5, 5.41) is 11.1. The van der Waals surface area contributed by atoms with Gasteiger partial charge in [0.05, 0.1) is 17.7 Å². The van der Waals surface area contributed by atoms with Crippen molar-refractivity contribution in [1.82, 2.24) is 9.80 Å². The third kappa shape index (κ3) is 5.65. The van der Waals surface area contributed by atoms with Crippen molar-refractivity contribution in [2.75, 3.05) is 26.2 Å². The van der Waals surface area contributed by atoms with Crippen LogP contribution in [0.2, 0.25) is 0 Å². The molecule has 7 heteroatoms. The van der Waals surface area contributed by atoms with E-state index in [0.29, 0.717) is 24.4 Å². The van der Waals surface area contributed by atoms with Crippen molar-refractivity contribution in [2.24, 2.45) is 0 Å². The molecule has 0 spiro atoms. The van der Waals surface area contributed by atoms with E-state index in [1.165, 1.54) is 0 Å². The predicted molar refractivity (Wildman–Crippen MR) is 133 cm³/mol. The standard InChI is InChI=1S/C26H31BrN2O4/c1-5-28(6-2)15-16-29-23(18-9-13-21(14-10-18)33-17(3)4)22(25(31)26(29)32)24(30)19-7-11-20(27)12-8-19/h7-14,17,23,30H,5-6,15-16H2,1-4H3/t23-/m0/s1. The number of rotatable bonds is 9. The first-order valence-corrected chi connectivity index (χ1v) is 12.1. The lowest BCUT2D eigenvalue weighted by atomic mass is 9.95. The molecule has 1 aliphatic rings. The Morgan fingerprint density at radius 1 is 1.06 bits per heavy atom. The average Bonchev–Trinajstić information content (AvgIpc) is 3.05.